The van der Waals surface area contributed by atoms with E-state index in [-0.39, 0.29) is 6.04 Å². The number of amidine groups is 1. The molecule has 0 saturated heterocycles. The van der Waals surface area contributed by atoms with Crippen molar-refractivity contribution >= 4 is 39.2 Å². The molecule has 0 aliphatic rings. The Morgan fingerprint density at radius 1 is 1.08 bits per heavy atom. The van der Waals surface area contributed by atoms with Gasteiger partial charge >= 0.3 is 0 Å². The monoisotopic (exact) mass is 356 g/mol. The van der Waals surface area contributed by atoms with E-state index in [0.29, 0.717) is 5.84 Å². The minimum atomic E-state index is 0.255. The second-order valence-corrected chi connectivity index (χ2v) is 7.22. The topological polar surface area (TPSA) is 62.4 Å². The first-order chi connectivity index (χ1) is 11.7. The van der Waals surface area contributed by atoms with Gasteiger partial charge in [0.15, 0.2) is 0 Å². The molecule has 1 atom stereocenters. The average Bonchev–Trinajstić information content (AvgIpc) is 3.29. The van der Waals surface area contributed by atoms with Crippen molar-refractivity contribution in [2.24, 2.45) is 10.7 Å². The van der Waals surface area contributed by atoms with Crippen molar-refractivity contribution in [1.29, 1.82) is 0 Å². The van der Waals surface area contributed by atoms with Gasteiger partial charge in [0.1, 0.15) is 5.84 Å². The van der Waals surface area contributed by atoms with Gasteiger partial charge in [-0.25, -0.2) is 4.99 Å². The second-order valence-electron chi connectivity index (χ2n) is 5.32. The van der Waals surface area contributed by atoms with Crippen LogP contribution in [0.3, 0.4) is 0 Å². The lowest BCUT2D eigenvalue weighted by Gasteiger charge is -2.15. The van der Waals surface area contributed by atoms with Crippen LogP contribution in [-0.4, -0.2) is 12.5 Å². The van der Waals surface area contributed by atoms with Gasteiger partial charge in [0.05, 0.1) is 22.2 Å². The number of anilines is 1. The first-order valence-corrected chi connectivity index (χ1v) is 9.47. The van der Waals surface area contributed by atoms with Gasteiger partial charge in [-0.1, -0.05) is 18.2 Å². The van der Waals surface area contributed by atoms with Gasteiger partial charge in [0, 0.05) is 6.04 Å². The van der Waals surface area contributed by atoms with Crippen LogP contribution in [0, 0.1) is 0 Å². The largest absolute Gasteiger partial charge is 0.383 e. The van der Waals surface area contributed by atoms with Gasteiger partial charge < -0.3 is 11.1 Å². The average molecular weight is 357 g/mol. The Balaban J connectivity index is 1.56. The molecule has 0 saturated carbocycles. The van der Waals surface area contributed by atoms with Crippen LogP contribution in [0.2, 0.25) is 0 Å². The van der Waals surface area contributed by atoms with E-state index in [2.05, 4.69) is 46.1 Å². The summed E-state index contributed by atoms with van der Waals surface area (Å²) in [6.07, 6.45) is 0. The molecule has 0 amide bonds. The lowest BCUT2D eigenvalue weighted by atomic mass is 10.1. The van der Waals surface area contributed by atoms with E-state index in [4.69, 9.17) is 5.73 Å². The predicted molar refractivity (Wildman–Crippen MR) is 106 cm³/mol. The zero-order valence-electron chi connectivity index (χ0n) is 13.4. The summed E-state index contributed by atoms with van der Waals surface area (Å²) < 4.78 is 0. The maximum absolute atomic E-state index is 6.02. The minimum Gasteiger partial charge on any atom is -0.383 e. The van der Waals surface area contributed by atoms with Crippen molar-refractivity contribution < 1.29 is 0 Å². The Morgan fingerprint density at radius 3 is 2.50 bits per heavy atom. The zero-order chi connectivity index (χ0) is 16.8. The number of aliphatic imine (C=N–C) groups is 1. The van der Waals surface area contributed by atoms with E-state index < -0.39 is 0 Å². The number of rotatable bonds is 7. The van der Waals surface area contributed by atoms with Gasteiger partial charge in [-0.15, -0.1) is 22.7 Å². The molecule has 124 valence electrons. The molecule has 0 fully saturated rings. The third kappa shape index (κ3) is 4.44. The Labute approximate surface area is 150 Å². The van der Waals surface area contributed by atoms with Crippen molar-refractivity contribution in [3.05, 3.63) is 69.7 Å². The van der Waals surface area contributed by atoms with Crippen LogP contribution >= 0.6 is 22.7 Å². The molecular weight excluding hydrogens is 336 g/mol. The van der Waals surface area contributed by atoms with Gasteiger partial charge in [-0.3, -0.25) is 5.32 Å². The standard InChI is InChI=1S/C18H20N4S2/c1-13(20-12-21-17-5-3-11-24-17)14-6-8-15(9-7-14)22-18(19)16-4-2-10-23-16/h2-11,13,20-21H,12H2,1H3,(H2,19,22). The Morgan fingerprint density at radius 2 is 1.83 bits per heavy atom. The zero-order valence-corrected chi connectivity index (χ0v) is 15.0. The van der Waals surface area contributed by atoms with Crippen LogP contribution in [0.4, 0.5) is 10.7 Å². The highest BCUT2D eigenvalue weighted by Gasteiger charge is 2.05. The Bertz CT molecular complexity index is 762. The number of nitrogens with one attached hydrogen (secondary N) is 2. The molecule has 4 nitrogen and oxygen atoms in total. The Kier molecular flexibility index (Phi) is 5.63. The van der Waals surface area contributed by atoms with Gasteiger partial charge in [-0.05, 0) is 53.6 Å². The fourth-order valence-electron chi connectivity index (χ4n) is 2.24. The number of thiophene rings is 2. The van der Waals surface area contributed by atoms with Crippen LogP contribution in [0.1, 0.15) is 23.4 Å². The summed E-state index contributed by atoms with van der Waals surface area (Å²) in [5.74, 6) is 0.559. The van der Waals surface area contributed by atoms with E-state index in [1.165, 1.54) is 10.6 Å². The van der Waals surface area contributed by atoms with Crippen molar-refractivity contribution in [2.75, 3.05) is 12.0 Å². The van der Waals surface area contributed by atoms with Gasteiger partial charge in [-0.2, -0.15) is 0 Å². The first kappa shape index (κ1) is 16.7. The molecule has 0 aliphatic carbocycles. The number of nitrogens with two attached hydrogens (primary N) is 1. The van der Waals surface area contributed by atoms with E-state index in [0.717, 1.165) is 17.2 Å². The van der Waals surface area contributed by atoms with E-state index >= 15 is 0 Å². The van der Waals surface area contributed by atoms with E-state index in [1.54, 1.807) is 22.7 Å². The lowest BCUT2D eigenvalue weighted by Crippen LogP contribution is -2.24. The summed E-state index contributed by atoms with van der Waals surface area (Å²) in [4.78, 5) is 5.47. The summed E-state index contributed by atoms with van der Waals surface area (Å²) in [7, 11) is 0. The maximum Gasteiger partial charge on any atom is 0.141 e. The van der Waals surface area contributed by atoms with Crippen LogP contribution in [0.5, 0.6) is 0 Å². The first-order valence-electron chi connectivity index (χ1n) is 7.71. The third-order valence-corrected chi connectivity index (χ3v) is 5.33. The van der Waals surface area contributed by atoms with Crippen LogP contribution in [0.25, 0.3) is 0 Å². The summed E-state index contributed by atoms with van der Waals surface area (Å²) in [5.41, 5.74) is 8.11. The highest BCUT2D eigenvalue weighted by atomic mass is 32.1. The summed E-state index contributed by atoms with van der Waals surface area (Å²) in [6, 6.07) is 16.5. The number of hydrogen-bond donors (Lipinski definition) is 3. The molecule has 3 aromatic rings. The Hall–Kier alpha value is -2.15. The molecule has 0 spiro atoms. The molecule has 0 radical (unpaired) electrons. The highest BCUT2D eigenvalue weighted by molar-refractivity contribution is 7.14. The molecule has 2 aromatic heterocycles. The minimum absolute atomic E-state index is 0.255. The molecule has 2 heterocycles. The smallest absolute Gasteiger partial charge is 0.141 e. The summed E-state index contributed by atoms with van der Waals surface area (Å²) >= 11 is 3.29. The van der Waals surface area contributed by atoms with Crippen LogP contribution in [-0.2, 0) is 0 Å². The fourth-order valence-corrected chi connectivity index (χ4v) is 3.49. The molecule has 1 aromatic carbocycles. The van der Waals surface area contributed by atoms with Crippen molar-refractivity contribution in [1.82, 2.24) is 5.32 Å². The lowest BCUT2D eigenvalue weighted by molar-refractivity contribution is 0.604. The number of nitrogens with zero attached hydrogens (tertiary/aromatic N) is 1. The molecule has 4 N–H and O–H groups in total. The normalized spacial score (nSPS) is 13.0. The molecule has 6 heteroatoms. The molecule has 24 heavy (non-hydrogen) atoms. The maximum atomic E-state index is 6.02. The molecule has 0 bridgehead atoms. The van der Waals surface area contributed by atoms with Crippen molar-refractivity contribution in [3.8, 4) is 0 Å². The highest BCUT2D eigenvalue weighted by Crippen LogP contribution is 2.20. The molecule has 1 unspecified atom stereocenters. The van der Waals surface area contributed by atoms with Crippen LogP contribution in [0.15, 0.2) is 64.3 Å². The SMILES string of the molecule is CC(NCNc1cccs1)c1ccc(N=C(N)c2cccs2)cc1. The second kappa shape index (κ2) is 8.10. The van der Waals surface area contributed by atoms with Gasteiger partial charge in [0.2, 0.25) is 0 Å². The number of hydrogen-bond acceptors (Lipinski definition) is 5. The molecular formula is C18H20N4S2. The predicted octanol–water partition coefficient (Wildman–Crippen LogP) is 4.57. The summed E-state index contributed by atoms with van der Waals surface area (Å²) in [5, 5.41) is 12.0. The fraction of sp³-hybridized carbons (Fsp3) is 0.167. The van der Waals surface area contributed by atoms with Gasteiger partial charge in [0.25, 0.3) is 0 Å². The van der Waals surface area contributed by atoms with Crippen molar-refractivity contribution in [3.63, 3.8) is 0 Å². The summed E-state index contributed by atoms with van der Waals surface area (Å²) in [6.45, 7) is 2.88. The van der Waals surface area contributed by atoms with Crippen LogP contribution < -0.4 is 16.4 Å². The van der Waals surface area contributed by atoms with Crippen molar-refractivity contribution in [2.45, 2.75) is 13.0 Å². The molecule has 0 aliphatic heterocycles. The van der Waals surface area contributed by atoms with E-state index in [9.17, 15) is 0 Å². The van der Waals surface area contributed by atoms with E-state index in [1.807, 2.05) is 35.7 Å². The third-order valence-electron chi connectivity index (χ3n) is 3.61. The molecule has 3 rings (SSSR count). The number of benzene rings is 1. The quantitative estimate of drug-likeness (QED) is 0.330.